The van der Waals surface area contributed by atoms with Crippen LogP contribution in [0.15, 0.2) is 64.9 Å². The van der Waals surface area contributed by atoms with E-state index < -0.39 is 15.8 Å². The van der Waals surface area contributed by atoms with Crippen LogP contribution in [0.1, 0.15) is 23.8 Å². The van der Waals surface area contributed by atoms with Crippen molar-refractivity contribution in [2.24, 2.45) is 0 Å². The molecule has 0 fully saturated rings. The summed E-state index contributed by atoms with van der Waals surface area (Å²) in [5.41, 5.74) is 0.948. The molecule has 2 aromatic carbocycles. The van der Waals surface area contributed by atoms with Crippen LogP contribution in [0.3, 0.4) is 0 Å². The van der Waals surface area contributed by atoms with Gasteiger partial charge in [0.25, 0.3) is 0 Å². The molecule has 1 amide bonds. The smallest absolute Gasteiger partial charge is 0.243 e. The lowest BCUT2D eigenvalue weighted by molar-refractivity contribution is -0.132. The summed E-state index contributed by atoms with van der Waals surface area (Å²) in [4.78, 5) is 16.2. The number of ether oxygens (including phenoxy) is 3. The van der Waals surface area contributed by atoms with Crippen LogP contribution in [0.25, 0.3) is 0 Å². The van der Waals surface area contributed by atoms with E-state index in [0.717, 1.165) is 26.9 Å². The zero-order valence-corrected chi connectivity index (χ0v) is 24.1. The van der Waals surface area contributed by atoms with Crippen molar-refractivity contribution in [1.82, 2.24) is 9.21 Å². The number of halogens is 1. The van der Waals surface area contributed by atoms with Gasteiger partial charge in [0.05, 0.1) is 32.2 Å². The number of nitrogens with zero attached hydrogens (tertiary/aromatic N) is 2. The lowest BCUT2D eigenvalue weighted by Crippen LogP contribution is -2.43. The Morgan fingerprint density at radius 3 is 2.38 bits per heavy atom. The Bertz CT molecular complexity index is 1280. The molecule has 0 N–H and O–H groups in total. The van der Waals surface area contributed by atoms with Crippen LogP contribution in [0, 0.1) is 5.82 Å². The Morgan fingerprint density at radius 1 is 1.00 bits per heavy atom. The predicted octanol–water partition coefficient (Wildman–Crippen LogP) is 4.59. The van der Waals surface area contributed by atoms with E-state index in [1.165, 1.54) is 23.5 Å². The topological polar surface area (TPSA) is 85.4 Å². The first-order valence-electron chi connectivity index (χ1n) is 12.6. The van der Waals surface area contributed by atoms with Crippen LogP contribution in [0.4, 0.5) is 4.39 Å². The summed E-state index contributed by atoms with van der Waals surface area (Å²) in [6, 6.07) is 14.1. The second kappa shape index (κ2) is 15.0. The fraction of sp³-hybridized carbons (Fsp3) is 0.393. The maximum atomic E-state index is 13.6. The number of carbonyl (C=O) groups excluding carboxylic acids is 1. The Morgan fingerprint density at radius 2 is 1.74 bits per heavy atom. The number of benzene rings is 2. The van der Waals surface area contributed by atoms with Gasteiger partial charge in [-0.3, -0.25) is 4.79 Å². The molecule has 0 unspecified atom stereocenters. The summed E-state index contributed by atoms with van der Waals surface area (Å²) in [7, 11) is -0.910. The molecule has 3 rings (SSSR count). The molecule has 1 aromatic heterocycles. The van der Waals surface area contributed by atoms with Crippen LogP contribution in [-0.2, 0) is 32.5 Å². The van der Waals surface area contributed by atoms with Gasteiger partial charge in [0.1, 0.15) is 5.82 Å². The van der Waals surface area contributed by atoms with Crippen molar-refractivity contribution < 1.29 is 31.8 Å². The number of thiophene rings is 1. The van der Waals surface area contributed by atoms with Crippen molar-refractivity contribution in [3.05, 3.63) is 76.2 Å². The lowest BCUT2D eigenvalue weighted by atomic mass is 10.1. The third-order valence-corrected chi connectivity index (χ3v) is 8.78. The Balaban J connectivity index is 1.81. The summed E-state index contributed by atoms with van der Waals surface area (Å²) in [6.07, 6.45) is 0.949. The molecule has 0 saturated heterocycles. The molecule has 0 bridgehead atoms. The highest BCUT2D eigenvalue weighted by atomic mass is 32.2. The van der Waals surface area contributed by atoms with Crippen molar-refractivity contribution >= 4 is 27.3 Å². The molecule has 3 aromatic rings. The van der Waals surface area contributed by atoms with Crippen LogP contribution in [0.5, 0.6) is 11.5 Å². The van der Waals surface area contributed by atoms with E-state index in [-0.39, 0.29) is 23.9 Å². The Hall–Kier alpha value is -2.99. The molecule has 0 aliphatic carbocycles. The van der Waals surface area contributed by atoms with E-state index in [2.05, 4.69) is 0 Å². The first-order valence-corrected chi connectivity index (χ1v) is 14.9. The maximum Gasteiger partial charge on any atom is 0.243 e. The molecule has 0 aliphatic rings. The van der Waals surface area contributed by atoms with Crippen molar-refractivity contribution in [3.63, 3.8) is 0 Å². The molecule has 8 nitrogen and oxygen atoms in total. The van der Waals surface area contributed by atoms with Gasteiger partial charge < -0.3 is 19.1 Å². The van der Waals surface area contributed by atoms with Gasteiger partial charge in [0.2, 0.25) is 15.9 Å². The average Bonchev–Trinajstić information content (AvgIpc) is 3.45. The van der Waals surface area contributed by atoms with Crippen molar-refractivity contribution in [3.8, 4) is 11.5 Å². The van der Waals surface area contributed by atoms with Gasteiger partial charge in [0, 0.05) is 31.2 Å². The Labute approximate surface area is 234 Å². The largest absolute Gasteiger partial charge is 0.493 e. The number of rotatable bonds is 16. The van der Waals surface area contributed by atoms with Crippen molar-refractivity contribution in [2.75, 3.05) is 47.1 Å². The fourth-order valence-corrected chi connectivity index (χ4v) is 6.11. The Kier molecular flexibility index (Phi) is 11.7. The van der Waals surface area contributed by atoms with Gasteiger partial charge in [-0.15, -0.1) is 11.3 Å². The molecule has 39 heavy (non-hydrogen) atoms. The van der Waals surface area contributed by atoms with Gasteiger partial charge in [-0.05, 0) is 73.2 Å². The number of amides is 1. The van der Waals surface area contributed by atoms with E-state index in [4.69, 9.17) is 14.2 Å². The van der Waals surface area contributed by atoms with Crippen molar-refractivity contribution in [2.45, 2.75) is 31.2 Å². The first kappa shape index (κ1) is 30.6. The highest BCUT2D eigenvalue weighted by Crippen LogP contribution is 2.28. The molecular formula is C28H35FN2O6S2. The predicted molar refractivity (Wildman–Crippen MR) is 149 cm³/mol. The standard InChI is InChI=1S/C28H35FN2O6S2/c1-4-37-17-6-15-31(39(33,34)25-11-9-23(29)10-12-25)21-28(32)30(20-24-7-5-18-38-24)16-14-22-8-13-26(35-2)27(19-22)36-3/h5,7-13,18-19H,4,6,14-17,20-21H2,1-3H3. The summed E-state index contributed by atoms with van der Waals surface area (Å²) < 4.78 is 57.6. The summed E-state index contributed by atoms with van der Waals surface area (Å²) in [5, 5.41) is 1.94. The average molecular weight is 579 g/mol. The van der Waals surface area contributed by atoms with E-state index in [9.17, 15) is 17.6 Å². The highest BCUT2D eigenvalue weighted by molar-refractivity contribution is 7.89. The monoisotopic (exact) mass is 578 g/mol. The van der Waals surface area contributed by atoms with Gasteiger partial charge in [-0.2, -0.15) is 4.31 Å². The number of hydrogen-bond acceptors (Lipinski definition) is 7. The molecule has 212 valence electrons. The molecule has 0 saturated carbocycles. The van der Waals surface area contributed by atoms with Crippen molar-refractivity contribution in [1.29, 1.82) is 0 Å². The van der Waals surface area contributed by atoms with Gasteiger partial charge >= 0.3 is 0 Å². The molecule has 0 atom stereocenters. The molecule has 0 spiro atoms. The number of carbonyl (C=O) groups is 1. The maximum absolute atomic E-state index is 13.6. The van der Waals surface area contributed by atoms with Crippen LogP contribution < -0.4 is 9.47 Å². The first-order chi connectivity index (χ1) is 18.8. The summed E-state index contributed by atoms with van der Waals surface area (Å²) >= 11 is 1.53. The van der Waals surface area contributed by atoms with Crippen LogP contribution in [-0.4, -0.2) is 70.6 Å². The van der Waals surface area contributed by atoms with E-state index in [1.807, 2.05) is 42.6 Å². The minimum Gasteiger partial charge on any atom is -0.493 e. The molecule has 1 heterocycles. The summed E-state index contributed by atoms with van der Waals surface area (Å²) in [6.45, 7) is 3.20. The van der Waals surface area contributed by atoms with Gasteiger partial charge in [0.15, 0.2) is 11.5 Å². The number of sulfonamides is 1. The summed E-state index contributed by atoms with van der Waals surface area (Å²) in [5.74, 6) is 0.342. The fourth-order valence-electron chi connectivity index (χ4n) is 3.96. The minimum atomic E-state index is -4.04. The second-order valence-corrected chi connectivity index (χ2v) is 11.6. The van der Waals surface area contributed by atoms with Gasteiger partial charge in [-0.1, -0.05) is 12.1 Å². The second-order valence-electron chi connectivity index (χ2n) is 8.68. The quantitative estimate of drug-likeness (QED) is 0.231. The van der Waals surface area contributed by atoms with E-state index in [0.29, 0.717) is 50.6 Å². The molecular weight excluding hydrogens is 543 g/mol. The SMILES string of the molecule is CCOCCCN(CC(=O)N(CCc1ccc(OC)c(OC)c1)Cc1cccs1)S(=O)(=O)c1ccc(F)cc1. The van der Waals surface area contributed by atoms with E-state index in [1.54, 1.807) is 19.1 Å². The molecule has 0 aliphatic heterocycles. The number of methoxy groups -OCH3 is 2. The highest BCUT2D eigenvalue weighted by Gasteiger charge is 2.28. The zero-order valence-electron chi connectivity index (χ0n) is 22.5. The molecule has 0 radical (unpaired) electrons. The van der Waals surface area contributed by atoms with Gasteiger partial charge in [-0.25, -0.2) is 12.8 Å². The van der Waals surface area contributed by atoms with Crippen LogP contribution in [0.2, 0.25) is 0 Å². The number of hydrogen-bond donors (Lipinski definition) is 0. The van der Waals surface area contributed by atoms with Crippen LogP contribution >= 0.6 is 11.3 Å². The normalized spacial score (nSPS) is 11.5. The third-order valence-electron chi connectivity index (χ3n) is 6.06. The minimum absolute atomic E-state index is 0.0664. The third kappa shape index (κ3) is 8.76. The lowest BCUT2D eigenvalue weighted by Gasteiger charge is -2.27. The molecule has 11 heteroatoms. The van der Waals surface area contributed by atoms with E-state index >= 15 is 0 Å². The zero-order chi connectivity index (χ0) is 28.3.